The number of hydrogen-bond acceptors (Lipinski definition) is 2. The number of para-hydroxylation sites is 1. The van der Waals surface area contributed by atoms with Gasteiger partial charge in [-0.3, -0.25) is 9.69 Å². The first-order valence-electron chi connectivity index (χ1n) is 9.31. The minimum Gasteiger partial charge on any atom is -0.358 e. The number of H-pyrrole nitrogens is 1. The fourth-order valence-corrected chi connectivity index (χ4v) is 3.82. The standard InChI is InChI=1S/C22H25N3O/c1-17-20(19-9-5-6-10-21(19)23-17)15-22(26)25-13-11-24(12-14-25)16-18-7-3-2-4-8-18/h2-10,23H,11-16H2,1H3. The lowest BCUT2D eigenvalue weighted by Gasteiger charge is -2.34. The SMILES string of the molecule is Cc1[nH]c2ccccc2c1CC(=O)N1CCN(Cc2ccccc2)CC1. The Bertz CT molecular complexity index is 892. The molecule has 0 spiro atoms. The summed E-state index contributed by atoms with van der Waals surface area (Å²) >= 11 is 0. The van der Waals surface area contributed by atoms with Crippen LogP contribution < -0.4 is 0 Å². The summed E-state index contributed by atoms with van der Waals surface area (Å²) in [6.07, 6.45) is 0.481. The Hall–Kier alpha value is -2.59. The molecule has 4 nitrogen and oxygen atoms in total. The third kappa shape index (κ3) is 3.51. The molecule has 134 valence electrons. The lowest BCUT2D eigenvalue weighted by atomic mass is 10.1. The Balaban J connectivity index is 1.37. The van der Waals surface area contributed by atoms with Crippen molar-refractivity contribution in [1.29, 1.82) is 0 Å². The van der Waals surface area contributed by atoms with Crippen LogP contribution in [0.3, 0.4) is 0 Å². The summed E-state index contributed by atoms with van der Waals surface area (Å²) in [7, 11) is 0. The molecule has 0 aliphatic carbocycles. The first-order valence-corrected chi connectivity index (χ1v) is 9.31. The maximum atomic E-state index is 12.8. The Labute approximate surface area is 154 Å². The fraction of sp³-hybridized carbons (Fsp3) is 0.318. The zero-order valence-corrected chi connectivity index (χ0v) is 15.2. The molecule has 1 fully saturated rings. The topological polar surface area (TPSA) is 39.3 Å². The van der Waals surface area contributed by atoms with E-state index in [1.54, 1.807) is 0 Å². The van der Waals surface area contributed by atoms with E-state index in [4.69, 9.17) is 0 Å². The number of hydrogen-bond donors (Lipinski definition) is 1. The maximum Gasteiger partial charge on any atom is 0.227 e. The van der Waals surface area contributed by atoms with Gasteiger partial charge in [-0.15, -0.1) is 0 Å². The molecule has 1 N–H and O–H groups in total. The molecule has 1 aliphatic rings. The highest BCUT2D eigenvalue weighted by Gasteiger charge is 2.22. The second-order valence-electron chi connectivity index (χ2n) is 7.09. The van der Waals surface area contributed by atoms with Gasteiger partial charge in [0.2, 0.25) is 5.91 Å². The van der Waals surface area contributed by atoms with Crippen molar-refractivity contribution < 1.29 is 4.79 Å². The van der Waals surface area contributed by atoms with E-state index in [2.05, 4.69) is 53.2 Å². The molecular weight excluding hydrogens is 322 g/mol. The van der Waals surface area contributed by atoms with E-state index in [1.165, 1.54) is 10.9 Å². The van der Waals surface area contributed by atoms with E-state index < -0.39 is 0 Å². The van der Waals surface area contributed by atoms with E-state index in [-0.39, 0.29) is 5.91 Å². The number of amides is 1. The van der Waals surface area contributed by atoms with Crippen LogP contribution in [-0.4, -0.2) is 46.9 Å². The van der Waals surface area contributed by atoms with Crippen LogP contribution in [0.15, 0.2) is 54.6 Å². The number of aryl methyl sites for hydroxylation is 1. The third-order valence-electron chi connectivity index (χ3n) is 5.33. The van der Waals surface area contributed by atoms with E-state index in [1.807, 2.05) is 23.1 Å². The van der Waals surface area contributed by atoms with Gasteiger partial charge in [-0.05, 0) is 24.1 Å². The Kier molecular flexibility index (Phi) is 4.76. The predicted molar refractivity (Wildman–Crippen MR) is 105 cm³/mol. The first-order chi connectivity index (χ1) is 12.7. The number of piperazine rings is 1. The summed E-state index contributed by atoms with van der Waals surface area (Å²) in [5.41, 5.74) is 4.68. The molecule has 2 heterocycles. The van der Waals surface area contributed by atoms with Crippen LogP contribution in [-0.2, 0) is 17.8 Å². The number of rotatable bonds is 4. The van der Waals surface area contributed by atoms with Crippen molar-refractivity contribution in [2.45, 2.75) is 19.9 Å². The average Bonchev–Trinajstić information content (AvgIpc) is 2.98. The van der Waals surface area contributed by atoms with Crippen molar-refractivity contribution in [3.8, 4) is 0 Å². The minimum absolute atomic E-state index is 0.234. The zero-order chi connectivity index (χ0) is 17.9. The number of aromatic nitrogens is 1. The largest absolute Gasteiger partial charge is 0.358 e. The Morgan fingerprint density at radius 1 is 0.962 bits per heavy atom. The quantitative estimate of drug-likeness (QED) is 0.786. The van der Waals surface area contributed by atoms with E-state index in [0.29, 0.717) is 6.42 Å². The molecule has 0 bridgehead atoms. The van der Waals surface area contributed by atoms with Crippen molar-refractivity contribution in [2.75, 3.05) is 26.2 Å². The number of carbonyl (C=O) groups excluding carboxylic acids is 1. The van der Waals surface area contributed by atoms with Gasteiger partial charge in [0.15, 0.2) is 0 Å². The highest BCUT2D eigenvalue weighted by Crippen LogP contribution is 2.23. The van der Waals surface area contributed by atoms with Gasteiger partial charge in [-0.25, -0.2) is 0 Å². The number of nitrogens with one attached hydrogen (secondary N) is 1. The lowest BCUT2D eigenvalue weighted by molar-refractivity contribution is -0.132. The van der Waals surface area contributed by atoms with Crippen molar-refractivity contribution in [1.82, 2.24) is 14.8 Å². The maximum absolute atomic E-state index is 12.8. The van der Waals surface area contributed by atoms with Gasteiger partial charge >= 0.3 is 0 Å². The van der Waals surface area contributed by atoms with Crippen molar-refractivity contribution >= 4 is 16.8 Å². The molecule has 1 saturated heterocycles. The number of nitrogens with zero attached hydrogens (tertiary/aromatic N) is 2. The summed E-state index contributed by atoms with van der Waals surface area (Å²) in [6, 6.07) is 18.8. The minimum atomic E-state index is 0.234. The number of aromatic amines is 1. The van der Waals surface area contributed by atoms with E-state index in [0.717, 1.165) is 49.5 Å². The summed E-state index contributed by atoms with van der Waals surface area (Å²) in [5.74, 6) is 0.234. The van der Waals surface area contributed by atoms with Crippen LogP contribution in [0.5, 0.6) is 0 Å². The zero-order valence-electron chi connectivity index (χ0n) is 15.2. The molecule has 4 rings (SSSR count). The molecule has 0 unspecified atom stereocenters. The van der Waals surface area contributed by atoms with E-state index in [9.17, 15) is 4.79 Å². The van der Waals surface area contributed by atoms with Crippen molar-refractivity contribution in [3.63, 3.8) is 0 Å². The molecule has 1 aromatic heterocycles. The van der Waals surface area contributed by atoms with Gasteiger partial charge in [-0.1, -0.05) is 48.5 Å². The first kappa shape index (κ1) is 16.9. The molecule has 26 heavy (non-hydrogen) atoms. The molecule has 1 aliphatic heterocycles. The molecule has 0 atom stereocenters. The molecule has 1 amide bonds. The molecule has 3 aromatic rings. The second-order valence-corrected chi connectivity index (χ2v) is 7.09. The van der Waals surface area contributed by atoms with Gasteiger partial charge in [0.1, 0.15) is 0 Å². The molecule has 2 aromatic carbocycles. The van der Waals surface area contributed by atoms with Crippen LogP contribution in [0.4, 0.5) is 0 Å². The summed E-state index contributed by atoms with van der Waals surface area (Å²) in [4.78, 5) is 20.7. The normalized spacial score (nSPS) is 15.5. The van der Waals surface area contributed by atoms with Crippen LogP contribution in [0.25, 0.3) is 10.9 Å². The van der Waals surface area contributed by atoms with E-state index >= 15 is 0 Å². The summed E-state index contributed by atoms with van der Waals surface area (Å²) in [5, 5.41) is 1.17. The fourth-order valence-electron chi connectivity index (χ4n) is 3.82. The van der Waals surface area contributed by atoms with Gasteiger partial charge in [-0.2, -0.15) is 0 Å². The van der Waals surface area contributed by atoms with Crippen molar-refractivity contribution in [2.24, 2.45) is 0 Å². The summed E-state index contributed by atoms with van der Waals surface area (Å²) < 4.78 is 0. The van der Waals surface area contributed by atoms with Crippen LogP contribution in [0, 0.1) is 6.92 Å². The molecule has 0 radical (unpaired) electrons. The molecular formula is C22H25N3O. The van der Waals surface area contributed by atoms with Crippen LogP contribution >= 0.6 is 0 Å². The second kappa shape index (κ2) is 7.34. The summed E-state index contributed by atoms with van der Waals surface area (Å²) in [6.45, 7) is 6.52. The number of fused-ring (bicyclic) bond motifs is 1. The average molecular weight is 347 g/mol. The highest BCUT2D eigenvalue weighted by molar-refractivity contribution is 5.90. The van der Waals surface area contributed by atoms with Crippen LogP contribution in [0.1, 0.15) is 16.8 Å². The Morgan fingerprint density at radius 2 is 1.65 bits per heavy atom. The highest BCUT2D eigenvalue weighted by atomic mass is 16.2. The van der Waals surface area contributed by atoms with Crippen molar-refractivity contribution in [3.05, 3.63) is 71.4 Å². The lowest BCUT2D eigenvalue weighted by Crippen LogP contribution is -2.48. The third-order valence-corrected chi connectivity index (χ3v) is 5.33. The number of carbonyl (C=O) groups is 1. The Morgan fingerprint density at radius 3 is 2.42 bits per heavy atom. The smallest absolute Gasteiger partial charge is 0.227 e. The number of benzene rings is 2. The van der Waals surface area contributed by atoms with Gasteiger partial charge in [0, 0.05) is 49.3 Å². The van der Waals surface area contributed by atoms with Gasteiger partial charge < -0.3 is 9.88 Å². The van der Waals surface area contributed by atoms with Gasteiger partial charge in [0.25, 0.3) is 0 Å². The molecule has 4 heteroatoms. The predicted octanol–water partition coefficient (Wildman–Crippen LogP) is 3.36. The molecule has 0 saturated carbocycles. The van der Waals surface area contributed by atoms with Crippen LogP contribution in [0.2, 0.25) is 0 Å². The monoisotopic (exact) mass is 347 g/mol. The van der Waals surface area contributed by atoms with Gasteiger partial charge in [0.05, 0.1) is 6.42 Å².